The lowest BCUT2D eigenvalue weighted by Gasteiger charge is -2.27. The molecule has 1 saturated heterocycles. The Morgan fingerprint density at radius 2 is 2.07 bits per heavy atom. The average Bonchev–Trinajstić information content (AvgIpc) is 2.60. The molecular formula is C11H21N3O. The van der Waals surface area contributed by atoms with Gasteiger partial charge in [-0.25, -0.2) is 4.79 Å². The molecule has 1 aliphatic carbocycles. The molecule has 0 aromatic rings. The van der Waals surface area contributed by atoms with E-state index in [1.807, 2.05) is 20.8 Å². The highest BCUT2D eigenvalue weighted by Crippen LogP contribution is 2.30. The number of carbonyl (C=O) groups excluding carboxylic acids is 1. The molecule has 1 heterocycles. The van der Waals surface area contributed by atoms with Gasteiger partial charge in [0.15, 0.2) is 0 Å². The van der Waals surface area contributed by atoms with Gasteiger partial charge in [-0.3, -0.25) is 0 Å². The number of hydrogen-bond donors (Lipinski definition) is 3. The van der Waals surface area contributed by atoms with Crippen molar-refractivity contribution in [3.8, 4) is 0 Å². The van der Waals surface area contributed by atoms with Crippen molar-refractivity contribution >= 4 is 6.03 Å². The zero-order valence-electron chi connectivity index (χ0n) is 9.76. The number of amides is 2. The van der Waals surface area contributed by atoms with Crippen LogP contribution in [0.2, 0.25) is 0 Å². The van der Waals surface area contributed by atoms with E-state index in [0.717, 1.165) is 18.9 Å². The van der Waals surface area contributed by atoms with Crippen molar-refractivity contribution in [3.63, 3.8) is 0 Å². The number of urea groups is 1. The highest BCUT2D eigenvalue weighted by atomic mass is 16.2. The molecule has 3 N–H and O–H groups in total. The fourth-order valence-corrected chi connectivity index (χ4v) is 2.56. The molecule has 2 rings (SSSR count). The molecule has 2 bridgehead atoms. The summed E-state index contributed by atoms with van der Waals surface area (Å²) in [6, 6.07) is 0.786. The highest BCUT2D eigenvalue weighted by Gasteiger charge is 2.40. The smallest absolute Gasteiger partial charge is 0.315 e. The molecule has 2 aliphatic rings. The lowest BCUT2D eigenvalue weighted by molar-refractivity contribution is 0.224. The van der Waals surface area contributed by atoms with Crippen molar-refractivity contribution < 1.29 is 4.79 Å². The summed E-state index contributed by atoms with van der Waals surface area (Å²) in [6.07, 6.45) is 2.36. The van der Waals surface area contributed by atoms with Gasteiger partial charge in [0, 0.05) is 17.6 Å². The van der Waals surface area contributed by atoms with Gasteiger partial charge < -0.3 is 16.0 Å². The van der Waals surface area contributed by atoms with Gasteiger partial charge in [0.05, 0.1) is 0 Å². The first-order valence-electron chi connectivity index (χ1n) is 5.76. The molecule has 0 spiro atoms. The van der Waals surface area contributed by atoms with E-state index in [4.69, 9.17) is 0 Å². The van der Waals surface area contributed by atoms with Gasteiger partial charge in [0.25, 0.3) is 0 Å². The average molecular weight is 211 g/mol. The Labute approximate surface area is 91.2 Å². The quantitative estimate of drug-likeness (QED) is 0.602. The number of nitrogens with one attached hydrogen (secondary N) is 3. The zero-order valence-corrected chi connectivity index (χ0v) is 9.76. The number of rotatable bonds is 1. The summed E-state index contributed by atoms with van der Waals surface area (Å²) in [5.74, 6) is 0.773. The maximum absolute atomic E-state index is 11.6. The molecule has 0 radical (unpaired) electrons. The number of fused-ring (bicyclic) bond motifs is 2. The van der Waals surface area contributed by atoms with Crippen LogP contribution in [0.25, 0.3) is 0 Å². The molecule has 2 fully saturated rings. The number of carbonyl (C=O) groups is 1. The Morgan fingerprint density at radius 1 is 1.33 bits per heavy atom. The van der Waals surface area contributed by atoms with Crippen LogP contribution in [0.15, 0.2) is 0 Å². The zero-order chi connectivity index (χ0) is 11.1. The maximum Gasteiger partial charge on any atom is 0.315 e. The van der Waals surface area contributed by atoms with E-state index in [9.17, 15) is 4.79 Å². The van der Waals surface area contributed by atoms with Gasteiger partial charge in [0.1, 0.15) is 0 Å². The summed E-state index contributed by atoms with van der Waals surface area (Å²) in [5.41, 5.74) is -0.158. The summed E-state index contributed by atoms with van der Waals surface area (Å²) in [7, 11) is 0. The molecule has 1 aliphatic heterocycles. The second kappa shape index (κ2) is 3.67. The monoisotopic (exact) mass is 211 g/mol. The van der Waals surface area contributed by atoms with E-state index >= 15 is 0 Å². The minimum absolute atomic E-state index is 0.0400. The van der Waals surface area contributed by atoms with E-state index in [-0.39, 0.29) is 11.6 Å². The largest absolute Gasteiger partial charge is 0.334 e. The molecule has 4 nitrogen and oxygen atoms in total. The summed E-state index contributed by atoms with van der Waals surface area (Å²) in [5, 5.41) is 9.41. The van der Waals surface area contributed by atoms with Crippen LogP contribution in [0.1, 0.15) is 33.6 Å². The van der Waals surface area contributed by atoms with Crippen LogP contribution in [0.5, 0.6) is 0 Å². The summed E-state index contributed by atoms with van der Waals surface area (Å²) >= 11 is 0. The van der Waals surface area contributed by atoms with Crippen molar-refractivity contribution in [3.05, 3.63) is 0 Å². The van der Waals surface area contributed by atoms with Crippen molar-refractivity contribution in [1.29, 1.82) is 0 Å². The van der Waals surface area contributed by atoms with Crippen molar-refractivity contribution in [1.82, 2.24) is 16.0 Å². The van der Waals surface area contributed by atoms with Crippen molar-refractivity contribution in [2.45, 2.75) is 51.2 Å². The predicted molar refractivity (Wildman–Crippen MR) is 59.7 cm³/mol. The van der Waals surface area contributed by atoms with E-state index in [1.54, 1.807) is 0 Å². The minimum Gasteiger partial charge on any atom is -0.334 e. The lowest BCUT2D eigenvalue weighted by Crippen LogP contribution is -2.54. The predicted octanol–water partition coefficient (Wildman–Crippen LogP) is 0.834. The summed E-state index contributed by atoms with van der Waals surface area (Å²) in [4.78, 5) is 11.6. The molecular weight excluding hydrogens is 190 g/mol. The molecule has 2 amide bonds. The molecule has 0 aromatic heterocycles. The molecule has 4 heteroatoms. The number of piperidine rings is 1. The van der Waals surface area contributed by atoms with E-state index in [1.165, 1.54) is 6.42 Å². The normalized spacial score (nSPS) is 34.2. The maximum atomic E-state index is 11.6. The van der Waals surface area contributed by atoms with E-state index < -0.39 is 0 Å². The lowest BCUT2D eigenvalue weighted by atomic mass is 10.1. The van der Waals surface area contributed by atoms with Crippen LogP contribution in [0.4, 0.5) is 4.79 Å². The first kappa shape index (κ1) is 10.7. The SMILES string of the molecule is CC(C)(C)NC(=O)NC1CC2CNC1C2. The number of hydrogen-bond acceptors (Lipinski definition) is 2. The van der Waals surface area contributed by atoms with Gasteiger partial charge in [-0.1, -0.05) is 0 Å². The topological polar surface area (TPSA) is 53.2 Å². The fraction of sp³-hybridized carbons (Fsp3) is 0.909. The third-order valence-electron chi connectivity index (χ3n) is 3.13. The minimum atomic E-state index is -0.158. The highest BCUT2D eigenvalue weighted by molar-refractivity contribution is 5.75. The Morgan fingerprint density at radius 3 is 2.53 bits per heavy atom. The van der Waals surface area contributed by atoms with Crippen LogP contribution in [-0.2, 0) is 0 Å². The van der Waals surface area contributed by atoms with Gasteiger partial charge in [-0.15, -0.1) is 0 Å². The molecule has 15 heavy (non-hydrogen) atoms. The second-order valence-corrected chi connectivity index (χ2v) is 5.81. The van der Waals surface area contributed by atoms with Crippen LogP contribution in [0, 0.1) is 5.92 Å². The molecule has 1 saturated carbocycles. The molecule has 3 unspecified atom stereocenters. The Kier molecular flexibility index (Phi) is 2.63. The third-order valence-corrected chi connectivity index (χ3v) is 3.13. The van der Waals surface area contributed by atoms with Crippen LogP contribution < -0.4 is 16.0 Å². The second-order valence-electron chi connectivity index (χ2n) is 5.81. The molecule has 86 valence electrons. The Hall–Kier alpha value is -0.770. The van der Waals surface area contributed by atoms with Gasteiger partial charge in [-0.2, -0.15) is 0 Å². The standard InChI is InChI=1S/C11H21N3O/c1-11(2,3)14-10(15)13-9-5-7-4-8(9)12-6-7/h7-9,12H,4-6H2,1-3H3,(H2,13,14,15). The summed E-state index contributed by atoms with van der Waals surface area (Å²) < 4.78 is 0. The summed E-state index contributed by atoms with van der Waals surface area (Å²) in [6.45, 7) is 7.10. The first-order valence-corrected chi connectivity index (χ1v) is 5.76. The van der Waals surface area contributed by atoms with Crippen LogP contribution in [0.3, 0.4) is 0 Å². The van der Waals surface area contributed by atoms with Crippen molar-refractivity contribution in [2.75, 3.05) is 6.54 Å². The first-order chi connectivity index (χ1) is 6.94. The van der Waals surface area contributed by atoms with Crippen molar-refractivity contribution in [2.24, 2.45) is 5.92 Å². The third kappa shape index (κ3) is 2.62. The Balaban J connectivity index is 1.80. The van der Waals surface area contributed by atoms with Crippen LogP contribution >= 0.6 is 0 Å². The van der Waals surface area contributed by atoms with E-state index in [0.29, 0.717) is 12.1 Å². The Bertz CT molecular complexity index is 259. The molecule has 0 aromatic carbocycles. The fourth-order valence-electron chi connectivity index (χ4n) is 2.56. The van der Waals surface area contributed by atoms with Gasteiger partial charge >= 0.3 is 6.03 Å². The van der Waals surface area contributed by atoms with E-state index in [2.05, 4.69) is 16.0 Å². The molecule has 3 atom stereocenters. The van der Waals surface area contributed by atoms with Gasteiger partial charge in [-0.05, 0) is 46.1 Å². The van der Waals surface area contributed by atoms with Crippen LogP contribution in [-0.4, -0.2) is 30.2 Å². The van der Waals surface area contributed by atoms with Gasteiger partial charge in [0.2, 0.25) is 0 Å².